The summed E-state index contributed by atoms with van der Waals surface area (Å²) in [6, 6.07) is 5.33. The lowest BCUT2D eigenvalue weighted by Gasteiger charge is -2.09. The molecular weight excluding hydrogens is 312 g/mol. The van der Waals surface area contributed by atoms with E-state index in [1.807, 2.05) is 6.07 Å². The van der Waals surface area contributed by atoms with Crippen LogP contribution in [0.15, 0.2) is 24.5 Å². The van der Waals surface area contributed by atoms with Gasteiger partial charge in [-0.3, -0.25) is 9.78 Å². The molecule has 0 bridgehead atoms. The quantitative estimate of drug-likeness (QED) is 0.865. The van der Waals surface area contributed by atoms with Crippen molar-refractivity contribution in [3.63, 3.8) is 0 Å². The van der Waals surface area contributed by atoms with Crippen molar-refractivity contribution >= 4 is 17.7 Å². The maximum absolute atomic E-state index is 12.0. The summed E-state index contributed by atoms with van der Waals surface area (Å²) in [4.78, 5) is 27.2. The Balaban J connectivity index is 1.79. The zero-order valence-corrected chi connectivity index (χ0v) is 12.8. The van der Waals surface area contributed by atoms with Crippen molar-refractivity contribution in [3.05, 3.63) is 24.5 Å². The summed E-state index contributed by atoms with van der Waals surface area (Å²) in [7, 11) is 1.60. The van der Waals surface area contributed by atoms with Crippen LogP contribution in [0.2, 0.25) is 0 Å². The molecule has 24 heavy (non-hydrogen) atoms. The Morgan fingerprint density at radius 2 is 2.17 bits per heavy atom. The number of hydrogen-bond donors (Lipinski definition) is 2. The molecule has 3 rings (SSSR count). The van der Waals surface area contributed by atoms with Crippen molar-refractivity contribution in [2.45, 2.75) is 12.8 Å². The van der Waals surface area contributed by atoms with Crippen LogP contribution in [0.4, 0.5) is 10.5 Å². The Morgan fingerprint density at radius 3 is 2.71 bits per heavy atom. The topological polar surface area (TPSA) is 136 Å². The fourth-order valence-corrected chi connectivity index (χ4v) is 2.21. The standard InChI is InChI=1S/C15H14N6O3/c1-21-12(24-14(17)23)10(7-19-21)11-3-2-9(6-18-11)20-13(22)15(8-16)4-5-15/h2-3,6-7H,4-5H2,1H3,(H2,17,23)(H,20,22). The van der Waals surface area contributed by atoms with Crippen molar-refractivity contribution < 1.29 is 14.3 Å². The van der Waals surface area contributed by atoms with Gasteiger partial charge < -0.3 is 15.8 Å². The van der Waals surface area contributed by atoms with Gasteiger partial charge in [-0.15, -0.1) is 0 Å². The molecule has 0 aromatic carbocycles. The van der Waals surface area contributed by atoms with Gasteiger partial charge >= 0.3 is 6.09 Å². The monoisotopic (exact) mass is 326 g/mol. The molecule has 2 aromatic heterocycles. The number of nitriles is 1. The van der Waals surface area contributed by atoms with Crippen molar-refractivity contribution in [2.75, 3.05) is 5.32 Å². The highest BCUT2D eigenvalue weighted by molar-refractivity contribution is 5.99. The lowest BCUT2D eigenvalue weighted by molar-refractivity contribution is -0.119. The van der Waals surface area contributed by atoms with Crippen molar-refractivity contribution in [3.8, 4) is 23.2 Å². The number of nitrogens with zero attached hydrogens (tertiary/aromatic N) is 4. The van der Waals surface area contributed by atoms with Crippen LogP contribution in [0, 0.1) is 16.7 Å². The molecule has 9 heteroatoms. The average molecular weight is 326 g/mol. The minimum Gasteiger partial charge on any atom is -0.391 e. The second-order valence-electron chi connectivity index (χ2n) is 5.49. The molecule has 3 N–H and O–H groups in total. The molecule has 0 atom stereocenters. The third-order valence-electron chi connectivity index (χ3n) is 3.78. The molecule has 1 fully saturated rings. The summed E-state index contributed by atoms with van der Waals surface area (Å²) in [5.41, 5.74) is 5.61. The maximum Gasteiger partial charge on any atom is 0.411 e. The molecule has 9 nitrogen and oxygen atoms in total. The summed E-state index contributed by atoms with van der Waals surface area (Å²) >= 11 is 0. The first-order chi connectivity index (χ1) is 11.4. The van der Waals surface area contributed by atoms with Crippen LogP contribution in [0.5, 0.6) is 5.88 Å². The second kappa shape index (κ2) is 5.66. The number of carbonyl (C=O) groups excluding carboxylic acids is 2. The number of rotatable bonds is 4. The van der Waals surface area contributed by atoms with Crippen LogP contribution in [0.1, 0.15) is 12.8 Å². The maximum atomic E-state index is 12.0. The van der Waals surface area contributed by atoms with Gasteiger partial charge in [-0.2, -0.15) is 10.4 Å². The van der Waals surface area contributed by atoms with Gasteiger partial charge in [-0.05, 0) is 25.0 Å². The fraction of sp³-hybridized carbons (Fsp3) is 0.267. The molecule has 2 heterocycles. The average Bonchev–Trinajstić information content (AvgIpc) is 3.29. The minimum atomic E-state index is -0.949. The molecule has 0 unspecified atom stereocenters. The molecule has 122 valence electrons. The van der Waals surface area contributed by atoms with Crippen molar-refractivity contribution in [1.29, 1.82) is 5.26 Å². The van der Waals surface area contributed by atoms with Gasteiger partial charge in [0.2, 0.25) is 11.8 Å². The third-order valence-corrected chi connectivity index (χ3v) is 3.78. The second-order valence-corrected chi connectivity index (χ2v) is 5.49. The number of nitrogens with one attached hydrogen (secondary N) is 1. The van der Waals surface area contributed by atoms with Crippen LogP contribution >= 0.6 is 0 Å². The lowest BCUT2D eigenvalue weighted by Crippen LogP contribution is -2.22. The predicted octanol–water partition coefficient (Wildman–Crippen LogP) is 1.18. The van der Waals surface area contributed by atoms with Crippen LogP contribution in [-0.4, -0.2) is 26.8 Å². The molecule has 1 saturated carbocycles. The number of aryl methyl sites for hydroxylation is 1. The van der Waals surface area contributed by atoms with E-state index in [-0.39, 0.29) is 11.8 Å². The Kier molecular flexibility index (Phi) is 3.65. The van der Waals surface area contributed by atoms with Crippen LogP contribution in [-0.2, 0) is 11.8 Å². The SMILES string of the molecule is Cn1ncc(-c2ccc(NC(=O)C3(C#N)CC3)cn2)c1OC(N)=O. The highest BCUT2D eigenvalue weighted by Gasteiger charge is 2.50. The van der Waals surface area contributed by atoms with Gasteiger partial charge in [0.15, 0.2) is 0 Å². The number of amides is 2. The zero-order valence-electron chi connectivity index (χ0n) is 12.8. The molecule has 1 aliphatic rings. The Morgan fingerprint density at radius 1 is 1.42 bits per heavy atom. The van der Waals surface area contributed by atoms with Gasteiger partial charge in [-0.25, -0.2) is 9.48 Å². The number of primary amides is 1. The van der Waals surface area contributed by atoms with Crippen molar-refractivity contribution in [2.24, 2.45) is 18.2 Å². The van der Waals surface area contributed by atoms with E-state index in [1.165, 1.54) is 17.1 Å². The molecule has 2 amide bonds. The lowest BCUT2D eigenvalue weighted by atomic mass is 10.1. The van der Waals surface area contributed by atoms with E-state index in [0.29, 0.717) is 29.8 Å². The van der Waals surface area contributed by atoms with E-state index in [2.05, 4.69) is 15.4 Å². The number of ether oxygens (including phenoxy) is 1. The number of hydrogen-bond acceptors (Lipinski definition) is 6. The number of nitrogens with two attached hydrogens (primary N) is 1. The van der Waals surface area contributed by atoms with Crippen LogP contribution < -0.4 is 15.8 Å². The summed E-state index contributed by atoms with van der Waals surface area (Å²) in [5.74, 6) is -0.146. The third kappa shape index (κ3) is 2.77. The van der Waals surface area contributed by atoms with Crippen LogP contribution in [0.25, 0.3) is 11.3 Å². The highest BCUT2D eigenvalue weighted by atomic mass is 16.6. The van der Waals surface area contributed by atoms with Gasteiger partial charge in [0.05, 0.1) is 35.4 Å². The largest absolute Gasteiger partial charge is 0.411 e. The van der Waals surface area contributed by atoms with E-state index in [9.17, 15) is 9.59 Å². The Bertz CT molecular complexity index is 845. The number of carbonyl (C=O) groups is 2. The molecule has 0 saturated heterocycles. The van der Waals surface area contributed by atoms with Crippen LogP contribution in [0.3, 0.4) is 0 Å². The van der Waals surface area contributed by atoms with E-state index in [1.54, 1.807) is 19.2 Å². The van der Waals surface area contributed by atoms with E-state index >= 15 is 0 Å². The molecule has 0 spiro atoms. The smallest absolute Gasteiger partial charge is 0.391 e. The summed E-state index contributed by atoms with van der Waals surface area (Å²) in [6.07, 6.45) is 3.15. The van der Waals surface area contributed by atoms with E-state index in [0.717, 1.165) is 0 Å². The highest BCUT2D eigenvalue weighted by Crippen LogP contribution is 2.45. The predicted molar refractivity (Wildman–Crippen MR) is 82.6 cm³/mol. The first kappa shape index (κ1) is 15.5. The van der Waals surface area contributed by atoms with E-state index < -0.39 is 11.5 Å². The molecule has 1 aliphatic carbocycles. The van der Waals surface area contributed by atoms with Gasteiger partial charge in [-0.1, -0.05) is 0 Å². The molecule has 0 radical (unpaired) electrons. The Labute approximate surface area is 137 Å². The molecule has 2 aromatic rings. The van der Waals surface area contributed by atoms with E-state index in [4.69, 9.17) is 15.7 Å². The van der Waals surface area contributed by atoms with Crippen molar-refractivity contribution in [1.82, 2.24) is 14.8 Å². The first-order valence-corrected chi connectivity index (χ1v) is 7.13. The van der Waals surface area contributed by atoms with Gasteiger partial charge in [0, 0.05) is 7.05 Å². The number of anilines is 1. The summed E-state index contributed by atoms with van der Waals surface area (Å²) in [5, 5.41) is 15.7. The summed E-state index contributed by atoms with van der Waals surface area (Å²) in [6.45, 7) is 0. The summed E-state index contributed by atoms with van der Waals surface area (Å²) < 4.78 is 6.29. The molecule has 0 aliphatic heterocycles. The zero-order chi connectivity index (χ0) is 17.3. The van der Waals surface area contributed by atoms with Gasteiger partial charge in [0.1, 0.15) is 5.41 Å². The minimum absolute atomic E-state index is 0.174. The number of pyridine rings is 1. The fourth-order valence-electron chi connectivity index (χ4n) is 2.21. The van der Waals surface area contributed by atoms with Gasteiger partial charge in [0.25, 0.3) is 0 Å². The number of aromatic nitrogens is 3. The Hall–Kier alpha value is -3.41. The first-order valence-electron chi connectivity index (χ1n) is 7.13. The normalized spacial score (nSPS) is 14.5. The molecular formula is C15H14N6O3.